The van der Waals surface area contributed by atoms with Gasteiger partial charge < -0.3 is 15.1 Å². The molecule has 23 heavy (non-hydrogen) atoms. The van der Waals surface area contributed by atoms with E-state index in [9.17, 15) is 15.0 Å². The summed E-state index contributed by atoms with van der Waals surface area (Å²) in [4.78, 5) is 18.1. The van der Waals surface area contributed by atoms with Crippen molar-refractivity contribution in [2.24, 2.45) is 0 Å². The monoisotopic (exact) mass is 314 g/mol. The summed E-state index contributed by atoms with van der Waals surface area (Å²) in [6.45, 7) is 2.08. The van der Waals surface area contributed by atoms with Crippen LogP contribution in [0.15, 0.2) is 54.9 Å². The molecule has 122 valence electrons. The summed E-state index contributed by atoms with van der Waals surface area (Å²) < 4.78 is 0. The maximum atomic E-state index is 12.6. The predicted octanol–water partition coefficient (Wildman–Crippen LogP) is 1.70. The van der Waals surface area contributed by atoms with Crippen molar-refractivity contribution in [3.05, 3.63) is 66.0 Å². The van der Waals surface area contributed by atoms with Crippen LogP contribution in [0.25, 0.3) is 0 Å². The first-order chi connectivity index (χ1) is 11.0. The molecule has 0 spiro atoms. The number of carbonyl (C=O) groups excluding carboxylic acids is 1. The van der Waals surface area contributed by atoms with Crippen molar-refractivity contribution in [3.63, 3.8) is 0 Å². The molecule has 1 aromatic heterocycles. The molecule has 0 radical (unpaired) electrons. The van der Waals surface area contributed by atoms with E-state index in [4.69, 9.17) is 0 Å². The molecule has 1 atom stereocenters. The molecule has 0 aliphatic carbocycles. The fourth-order valence-electron chi connectivity index (χ4n) is 2.43. The van der Waals surface area contributed by atoms with Crippen molar-refractivity contribution in [3.8, 4) is 0 Å². The Morgan fingerprint density at radius 3 is 2.57 bits per heavy atom. The standard InChI is InChI=1S/C18H22N2O3/c1-18(23,16-7-3-2-4-8-16)12-17(22)20(10-11-21)14-15-6-5-9-19-13-15/h2-9,13,21,23H,10-12,14H2,1H3. The molecule has 2 aromatic rings. The average Bonchev–Trinajstić information content (AvgIpc) is 2.56. The van der Waals surface area contributed by atoms with E-state index in [0.29, 0.717) is 12.1 Å². The molecule has 5 heteroatoms. The summed E-state index contributed by atoms with van der Waals surface area (Å²) in [6.07, 6.45) is 3.31. The van der Waals surface area contributed by atoms with Gasteiger partial charge in [0.1, 0.15) is 0 Å². The molecule has 2 rings (SSSR count). The summed E-state index contributed by atoms with van der Waals surface area (Å²) in [5.74, 6) is -0.211. The molecule has 1 aromatic carbocycles. The van der Waals surface area contributed by atoms with Crippen molar-refractivity contribution < 1.29 is 15.0 Å². The fraction of sp³-hybridized carbons (Fsp3) is 0.333. The van der Waals surface area contributed by atoms with Crippen molar-refractivity contribution in [1.29, 1.82) is 0 Å². The third-order valence-electron chi connectivity index (χ3n) is 3.71. The molecular formula is C18H22N2O3. The summed E-state index contributed by atoms with van der Waals surface area (Å²) >= 11 is 0. The topological polar surface area (TPSA) is 73.7 Å². The summed E-state index contributed by atoms with van der Waals surface area (Å²) in [7, 11) is 0. The van der Waals surface area contributed by atoms with Crippen molar-refractivity contribution in [1.82, 2.24) is 9.88 Å². The normalized spacial score (nSPS) is 13.3. The van der Waals surface area contributed by atoms with Gasteiger partial charge in [0.25, 0.3) is 0 Å². The Morgan fingerprint density at radius 2 is 1.96 bits per heavy atom. The molecule has 1 heterocycles. The Balaban J connectivity index is 2.08. The number of hydrogen-bond acceptors (Lipinski definition) is 4. The number of aliphatic hydroxyl groups is 2. The number of carbonyl (C=O) groups is 1. The third-order valence-corrected chi connectivity index (χ3v) is 3.71. The van der Waals surface area contributed by atoms with Crippen LogP contribution >= 0.6 is 0 Å². The summed E-state index contributed by atoms with van der Waals surface area (Å²) in [5.41, 5.74) is 0.327. The first-order valence-electron chi connectivity index (χ1n) is 7.58. The highest BCUT2D eigenvalue weighted by Crippen LogP contribution is 2.25. The molecule has 1 amide bonds. The van der Waals surface area contributed by atoms with Crippen LogP contribution in [-0.4, -0.2) is 39.2 Å². The number of hydrogen-bond donors (Lipinski definition) is 2. The fourth-order valence-corrected chi connectivity index (χ4v) is 2.43. The molecule has 1 unspecified atom stereocenters. The van der Waals surface area contributed by atoms with Crippen LogP contribution in [-0.2, 0) is 16.9 Å². The van der Waals surface area contributed by atoms with Gasteiger partial charge in [-0.05, 0) is 24.1 Å². The van der Waals surface area contributed by atoms with Gasteiger partial charge in [-0.1, -0.05) is 36.4 Å². The van der Waals surface area contributed by atoms with Gasteiger partial charge in [0.15, 0.2) is 0 Å². The predicted molar refractivity (Wildman–Crippen MR) is 87.4 cm³/mol. The smallest absolute Gasteiger partial charge is 0.226 e. The minimum Gasteiger partial charge on any atom is -0.395 e. The van der Waals surface area contributed by atoms with Gasteiger partial charge >= 0.3 is 0 Å². The molecular weight excluding hydrogens is 292 g/mol. The van der Waals surface area contributed by atoms with E-state index in [2.05, 4.69) is 4.98 Å². The molecule has 2 N–H and O–H groups in total. The van der Waals surface area contributed by atoms with Crippen molar-refractivity contribution in [2.45, 2.75) is 25.5 Å². The minimum absolute atomic E-state index is 0.0444. The van der Waals surface area contributed by atoms with Gasteiger partial charge in [-0.3, -0.25) is 9.78 Å². The first kappa shape index (κ1) is 17.1. The number of pyridine rings is 1. The second-order valence-electron chi connectivity index (χ2n) is 5.72. The lowest BCUT2D eigenvalue weighted by atomic mass is 9.92. The molecule has 0 saturated carbocycles. The molecule has 5 nitrogen and oxygen atoms in total. The molecule has 0 aliphatic rings. The Morgan fingerprint density at radius 1 is 1.22 bits per heavy atom. The van der Waals surface area contributed by atoms with E-state index in [1.807, 2.05) is 24.3 Å². The number of amides is 1. The Labute approximate surface area is 136 Å². The maximum Gasteiger partial charge on any atom is 0.226 e. The second-order valence-corrected chi connectivity index (χ2v) is 5.72. The van der Waals surface area contributed by atoms with Gasteiger partial charge in [0, 0.05) is 25.5 Å². The van der Waals surface area contributed by atoms with Crippen LogP contribution in [0.1, 0.15) is 24.5 Å². The van der Waals surface area contributed by atoms with Crippen LogP contribution in [0.2, 0.25) is 0 Å². The largest absolute Gasteiger partial charge is 0.395 e. The van der Waals surface area contributed by atoms with Crippen LogP contribution in [0.5, 0.6) is 0 Å². The SMILES string of the molecule is CC(O)(CC(=O)N(CCO)Cc1cccnc1)c1ccccc1. The number of aliphatic hydroxyl groups excluding tert-OH is 1. The molecule has 0 fully saturated rings. The Hall–Kier alpha value is -2.24. The maximum absolute atomic E-state index is 12.6. The van der Waals surface area contributed by atoms with E-state index >= 15 is 0 Å². The van der Waals surface area contributed by atoms with Crippen LogP contribution < -0.4 is 0 Å². The zero-order valence-electron chi connectivity index (χ0n) is 13.2. The second kappa shape index (κ2) is 7.85. The highest BCUT2D eigenvalue weighted by molar-refractivity contribution is 5.77. The lowest BCUT2D eigenvalue weighted by Crippen LogP contribution is -2.38. The highest BCUT2D eigenvalue weighted by Gasteiger charge is 2.28. The zero-order chi connectivity index (χ0) is 16.7. The van der Waals surface area contributed by atoms with E-state index in [1.165, 1.54) is 4.90 Å². The van der Waals surface area contributed by atoms with E-state index < -0.39 is 5.60 Å². The van der Waals surface area contributed by atoms with Gasteiger partial charge in [-0.25, -0.2) is 0 Å². The number of aromatic nitrogens is 1. The Kier molecular flexibility index (Phi) is 5.84. The van der Waals surface area contributed by atoms with Crippen LogP contribution in [0, 0.1) is 0 Å². The molecule has 0 bridgehead atoms. The van der Waals surface area contributed by atoms with Gasteiger partial charge in [0.2, 0.25) is 5.91 Å². The lowest BCUT2D eigenvalue weighted by molar-refractivity contribution is -0.137. The molecule has 0 saturated heterocycles. The Bertz CT molecular complexity index is 615. The van der Waals surface area contributed by atoms with Gasteiger partial charge in [0.05, 0.1) is 18.6 Å². The summed E-state index contributed by atoms with van der Waals surface area (Å²) in [5, 5.41) is 19.8. The summed E-state index contributed by atoms with van der Waals surface area (Å²) in [6, 6.07) is 12.8. The van der Waals surface area contributed by atoms with E-state index in [-0.39, 0.29) is 25.5 Å². The van der Waals surface area contributed by atoms with Crippen molar-refractivity contribution in [2.75, 3.05) is 13.2 Å². The van der Waals surface area contributed by atoms with E-state index in [0.717, 1.165) is 5.56 Å². The quantitative estimate of drug-likeness (QED) is 0.816. The average molecular weight is 314 g/mol. The van der Waals surface area contributed by atoms with E-state index in [1.54, 1.807) is 37.5 Å². The first-order valence-corrected chi connectivity index (χ1v) is 7.58. The van der Waals surface area contributed by atoms with Crippen molar-refractivity contribution >= 4 is 5.91 Å². The number of rotatable bonds is 7. The lowest BCUT2D eigenvalue weighted by Gasteiger charge is -2.28. The van der Waals surface area contributed by atoms with Crippen LogP contribution in [0.4, 0.5) is 0 Å². The van der Waals surface area contributed by atoms with Gasteiger partial charge in [-0.2, -0.15) is 0 Å². The minimum atomic E-state index is -1.25. The molecule has 0 aliphatic heterocycles. The highest BCUT2D eigenvalue weighted by atomic mass is 16.3. The third kappa shape index (κ3) is 4.87. The number of benzene rings is 1. The zero-order valence-corrected chi connectivity index (χ0v) is 13.2. The van der Waals surface area contributed by atoms with Crippen LogP contribution in [0.3, 0.4) is 0 Å². The number of nitrogens with zero attached hydrogens (tertiary/aromatic N) is 2. The van der Waals surface area contributed by atoms with Gasteiger partial charge in [-0.15, -0.1) is 0 Å².